The van der Waals surface area contributed by atoms with Crippen LogP contribution in [0.2, 0.25) is 5.02 Å². The molecule has 0 atom stereocenters. The van der Waals surface area contributed by atoms with Gasteiger partial charge in [0.05, 0.1) is 0 Å². The first-order valence-electron chi connectivity index (χ1n) is 9.63. The molecular formula is C21H23ClIN5O3. The highest BCUT2D eigenvalue weighted by atomic mass is 127. The molecule has 1 aromatic heterocycles. The van der Waals surface area contributed by atoms with Gasteiger partial charge in [0.25, 0.3) is 0 Å². The Hall–Kier alpha value is -2.53. The van der Waals surface area contributed by atoms with E-state index in [0.717, 1.165) is 30.0 Å². The minimum Gasteiger partial charge on any atom is -0.454 e. The van der Waals surface area contributed by atoms with Crippen molar-refractivity contribution in [1.29, 1.82) is 0 Å². The van der Waals surface area contributed by atoms with Crippen molar-refractivity contribution >= 4 is 41.5 Å². The number of hydrogen-bond acceptors (Lipinski definition) is 6. The number of guanidine groups is 1. The number of rotatable bonds is 7. The minimum atomic E-state index is 0. The van der Waals surface area contributed by atoms with Gasteiger partial charge in [0.2, 0.25) is 18.5 Å². The topological polar surface area (TPSA) is 93.8 Å². The van der Waals surface area contributed by atoms with E-state index in [1.54, 1.807) is 19.2 Å². The van der Waals surface area contributed by atoms with Gasteiger partial charge in [-0.3, -0.25) is 4.99 Å². The molecule has 0 saturated heterocycles. The summed E-state index contributed by atoms with van der Waals surface area (Å²) < 4.78 is 16.1. The van der Waals surface area contributed by atoms with Crippen molar-refractivity contribution in [2.24, 2.45) is 4.99 Å². The lowest BCUT2D eigenvalue weighted by Gasteiger charge is -2.11. The summed E-state index contributed by atoms with van der Waals surface area (Å²) in [6, 6.07) is 13.3. The zero-order valence-electron chi connectivity index (χ0n) is 16.9. The van der Waals surface area contributed by atoms with Gasteiger partial charge in [-0.1, -0.05) is 22.8 Å². The summed E-state index contributed by atoms with van der Waals surface area (Å²) in [5.74, 6) is 3.42. The van der Waals surface area contributed by atoms with Gasteiger partial charge in [-0.15, -0.1) is 24.0 Å². The number of nitrogens with one attached hydrogen (secondary N) is 2. The molecule has 0 amide bonds. The highest BCUT2D eigenvalue weighted by Crippen LogP contribution is 2.32. The number of hydrogen-bond donors (Lipinski definition) is 2. The lowest BCUT2D eigenvalue weighted by Crippen LogP contribution is -2.39. The van der Waals surface area contributed by atoms with Crippen LogP contribution in [0.4, 0.5) is 0 Å². The molecule has 2 N–H and O–H groups in total. The fourth-order valence-corrected chi connectivity index (χ4v) is 3.13. The monoisotopic (exact) mass is 555 g/mol. The zero-order valence-corrected chi connectivity index (χ0v) is 20.0. The van der Waals surface area contributed by atoms with Crippen LogP contribution in [0.15, 0.2) is 52.0 Å². The molecule has 1 aliphatic heterocycles. The first-order valence-corrected chi connectivity index (χ1v) is 10.0. The number of benzene rings is 2. The highest BCUT2D eigenvalue weighted by Gasteiger charge is 2.13. The molecule has 0 radical (unpaired) electrons. The third-order valence-corrected chi connectivity index (χ3v) is 4.82. The molecule has 0 unspecified atom stereocenters. The number of aromatic nitrogens is 2. The predicted octanol–water partition coefficient (Wildman–Crippen LogP) is 3.69. The van der Waals surface area contributed by atoms with Crippen molar-refractivity contribution in [3.8, 4) is 22.9 Å². The smallest absolute Gasteiger partial charge is 0.231 e. The standard InChI is InChI=1S/C21H22ClN5O3.HI/c1-23-21(24-10-8-14-2-7-17-18(12-14)29-13-28-17)25-11-9-19-26-20(27-30-19)15-3-5-16(22)6-4-15;/h2-7,12H,8-11,13H2,1H3,(H2,23,24,25);1H. The Labute approximate surface area is 202 Å². The van der Waals surface area contributed by atoms with Crippen LogP contribution in [0, 0.1) is 0 Å². The Morgan fingerprint density at radius 2 is 1.77 bits per heavy atom. The Bertz CT molecular complexity index is 1030. The third kappa shape index (κ3) is 6.23. The zero-order chi connectivity index (χ0) is 20.8. The van der Waals surface area contributed by atoms with E-state index in [1.165, 1.54) is 5.56 Å². The molecule has 2 heterocycles. The third-order valence-electron chi connectivity index (χ3n) is 4.57. The Kier molecular flexibility index (Phi) is 8.35. The molecule has 3 aromatic rings. The molecule has 1 aliphatic rings. The van der Waals surface area contributed by atoms with E-state index in [2.05, 4.69) is 25.8 Å². The second-order valence-corrected chi connectivity index (χ2v) is 7.07. The summed E-state index contributed by atoms with van der Waals surface area (Å²) in [5.41, 5.74) is 2.03. The number of nitrogens with zero attached hydrogens (tertiary/aromatic N) is 3. The molecule has 10 heteroatoms. The molecule has 0 bridgehead atoms. The normalized spacial score (nSPS) is 12.4. The number of halogens is 2. The van der Waals surface area contributed by atoms with Crippen LogP contribution in [0.1, 0.15) is 11.5 Å². The van der Waals surface area contributed by atoms with Crippen LogP contribution in [-0.2, 0) is 12.8 Å². The molecule has 4 rings (SSSR count). The van der Waals surface area contributed by atoms with Gasteiger partial charge < -0.3 is 24.6 Å². The molecule has 31 heavy (non-hydrogen) atoms. The molecule has 164 valence electrons. The largest absolute Gasteiger partial charge is 0.454 e. The van der Waals surface area contributed by atoms with E-state index in [1.807, 2.05) is 30.3 Å². The summed E-state index contributed by atoms with van der Waals surface area (Å²) in [7, 11) is 1.74. The second kappa shape index (κ2) is 11.2. The first-order chi connectivity index (χ1) is 14.7. The number of fused-ring (bicyclic) bond motifs is 1. The van der Waals surface area contributed by atoms with Crippen molar-refractivity contribution in [3.63, 3.8) is 0 Å². The highest BCUT2D eigenvalue weighted by molar-refractivity contribution is 14.0. The van der Waals surface area contributed by atoms with E-state index >= 15 is 0 Å². The van der Waals surface area contributed by atoms with Crippen molar-refractivity contribution in [1.82, 2.24) is 20.8 Å². The van der Waals surface area contributed by atoms with Crippen LogP contribution < -0.4 is 20.1 Å². The molecule has 0 saturated carbocycles. The van der Waals surface area contributed by atoms with Crippen LogP contribution in [0.25, 0.3) is 11.4 Å². The number of ether oxygens (including phenoxy) is 2. The van der Waals surface area contributed by atoms with E-state index in [-0.39, 0.29) is 30.8 Å². The van der Waals surface area contributed by atoms with Crippen LogP contribution in [0.3, 0.4) is 0 Å². The van der Waals surface area contributed by atoms with E-state index in [9.17, 15) is 0 Å². The molecule has 0 spiro atoms. The van der Waals surface area contributed by atoms with Gasteiger partial charge >= 0.3 is 0 Å². The molecule has 0 aliphatic carbocycles. The minimum absolute atomic E-state index is 0. The van der Waals surface area contributed by atoms with Crippen LogP contribution in [0.5, 0.6) is 11.5 Å². The van der Waals surface area contributed by atoms with Gasteiger partial charge in [-0.05, 0) is 48.4 Å². The summed E-state index contributed by atoms with van der Waals surface area (Å²) in [5, 5.41) is 11.2. The maximum Gasteiger partial charge on any atom is 0.231 e. The predicted molar refractivity (Wildman–Crippen MR) is 129 cm³/mol. The van der Waals surface area contributed by atoms with E-state index < -0.39 is 0 Å². The van der Waals surface area contributed by atoms with Crippen molar-refractivity contribution < 1.29 is 14.0 Å². The Balaban J connectivity index is 0.00000272. The Morgan fingerprint density at radius 1 is 1.03 bits per heavy atom. The summed E-state index contributed by atoms with van der Waals surface area (Å²) in [6.07, 6.45) is 1.43. The quantitative estimate of drug-likeness (QED) is 0.261. The lowest BCUT2D eigenvalue weighted by molar-refractivity contribution is 0.174. The van der Waals surface area contributed by atoms with Crippen LogP contribution in [-0.4, -0.2) is 43.0 Å². The van der Waals surface area contributed by atoms with Gasteiger partial charge in [0.1, 0.15) is 0 Å². The SMILES string of the molecule is CN=C(NCCc1ccc2c(c1)OCO2)NCCc1nc(-c2ccc(Cl)cc2)no1.I. The Morgan fingerprint density at radius 3 is 2.55 bits per heavy atom. The summed E-state index contributed by atoms with van der Waals surface area (Å²) >= 11 is 5.91. The first kappa shape index (κ1) is 23.1. The summed E-state index contributed by atoms with van der Waals surface area (Å²) in [4.78, 5) is 8.66. The molecule has 0 fully saturated rings. The molecule has 2 aromatic carbocycles. The van der Waals surface area contributed by atoms with E-state index in [0.29, 0.717) is 35.7 Å². The molecular weight excluding hydrogens is 533 g/mol. The van der Waals surface area contributed by atoms with Gasteiger partial charge in [0.15, 0.2) is 17.5 Å². The number of aliphatic imine (C=N–C) groups is 1. The molecule has 8 nitrogen and oxygen atoms in total. The maximum atomic E-state index is 5.91. The fourth-order valence-electron chi connectivity index (χ4n) is 3.00. The average molecular weight is 556 g/mol. The maximum absolute atomic E-state index is 5.91. The lowest BCUT2D eigenvalue weighted by atomic mass is 10.1. The second-order valence-electron chi connectivity index (χ2n) is 6.63. The average Bonchev–Trinajstić information content (AvgIpc) is 3.42. The summed E-state index contributed by atoms with van der Waals surface area (Å²) in [6.45, 7) is 1.64. The van der Waals surface area contributed by atoms with Gasteiger partial charge in [0, 0.05) is 37.1 Å². The van der Waals surface area contributed by atoms with Gasteiger partial charge in [-0.2, -0.15) is 4.98 Å². The van der Waals surface area contributed by atoms with Gasteiger partial charge in [-0.25, -0.2) is 0 Å². The van der Waals surface area contributed by atoms with Crippen molar-refractivity contribution in [3.05, 3.63) is 58.9 Å². The van der Waals surface area contributed by atoms with Crippen molar-refractivity contribution in [2.75, 3.05) is 26.9 Å². The van der Waals surface area contributed by atoms with Crippen molar-refractivity contribution in [2.45, 2.75) is 12.8 Å². The van der Waals surface area contributed by atoms with Crippen LogP contribution >= 0.6 is 35.6 Å². The fraction of sp³-hybridized carbons (Fsp3) is 0.286. The van der Waals surface area contributed by atoms with E-state index in [4.69, 9.17) is 25.6 Å².